The molecule has 4 heteroatoms. The van der Waals surface area contributed by atoms with Gasteiger partial charge in [-0.15, -0.1) is 0 Å². The molecule has 20 heavy (non-hydrogen) atoms. The van der Waals surface area contributed by atoms with E-state index in [1.165, 1.54) is 11.1 Å². The first-order valence-electron chi connectivity index (χ1n) is 6.44. The fraction of sp³-hybridized carbons (Fsp3) is 0.188. The smallest absolute Gasteiger partial charge is 0.167 e. The number of rotatable bonds is 3. The van der Waals surface area contributed by atoms with Gasteiger partial charge in [0.15, 0.2) is 5.78 Å². The van der Waals surface area contributed by atoms with Crippen LogP contribution in [0.3, 0.4) is 0 Å². The predicted molar refractivity (Wildman–Crippen MR) is 81.5 cm³/mol. The van der Waals surface area contributed by atoms with Gasteiger partial charge in [-0.3, -0.25) is 4.79 Å². The van der Waals surface area contributed by atoms with Crippen molar-refractivity contribution in [2.24, 2.45) is 0 Å². The number of ketones is 1. The summed E-state index contributed by atoms with van der Waals surface area (Å²) < 4.78 is 0. The molecule has 3 rings (SSSR count). The van der Waals surface area contributed by atoms with Crippen molar-refractivity contribution in [3.05, 3.63) is 68.7 Å². The zero-order chi connectivity index (χ0) is 14.1. The van der Waals surface area contributed by atoms with Crippen molar-refractivity contribution in [3.8, 4) is 0 Å². The second kappa shape index (κ2) is 5.57. The average Bonchev–Trinajstić information content (AvgIpc) is 2.91. The molecule has 0 unspecified atom stereocenters. The zero-order valence-electron chi connectivity index (χ0n) is 10.7. The fourth-order valence-electron chi connectivity index (χ4n) is 2.43. The number of carbonyl (C=O) groups is 1. The Bertz CT molecular complexity index is 682. The van der Waals surface area contributed by atoms with Crippen LogP contribution in [0.1, 0.15) is 27.0 Å². The van der Waals surface area contributed by atoms with Gasteiger partial charge in [-0.25, -0.2) is 0 Å². The Morgan fingerprint density at radius 1 is 1.10 bits per heavy atom. The number of benzene rings is 2. The van der Waals surface area contributed by atoms with Gasteiger partial charge in [-0.2, -0.15) is 0 Å². The van der Waals surface area contributed by atoms with Gasteiger partial charge in [0.25, 0.3) is 0 Å². The summed E-state index contributed by atoms with van der Waals surface area (Å²) in [5, 5.41) is 4.22. The lowest BCUT2D eigenvalue weighted by Gasteiger charge is -2.06. The second-order valence-electron chi connectivity index (χ2n) is 4.90. The maximum absolute atomic E-state index is 12.4. The third-order valence-corrected chi connectivity index (χ3v) is 4.40. The van der Waals surface area contributed by atoms with Gasteiger partial charge in [0.05, 0.1) is 10.0 Å². The van der Waals surface area contributed by atoms with Crippen LogP contribution in [0.5, 0.6) is 0 Å². The Morgan fingerprint density at radius 3 is 2.75 bits per heavy atom. The molecule has 1 heterocycles. The normalized spacial score (nSPS) is 13.3. The molecule has 1 N–H and O–H groups in total. The number of Topliss-reactive ketones (excluding diaryl/α,β-unsaturated/α-hetero) is 1. The second-order valence-corrected chi connectivity index (χ2v) is 5.69. The van der Waals surface area contributed by atoms with Gasteiger partial charge in [0.2, 0.25) is 0 Å². The summed E-state index contributed by atoms with van der Waals surface area (Å²) in [6.45, 7) is 1.71. The van der Waals surface area contributed by atoms with Crippen LogP contribution in [0.25, 0.3) is 0 Å². The molecule has 0 spiro atoms. The molecule has 0 aromatic heterocycles. The van der Waals surface area contributed by atoms with E-state index < -0.39 is 0 Å². The number of halogens is 2. The molecular weight excluding hydrogens is 293 g/mol. The standard InChI is InChI=1S/C16H13Cl2NO/c17-14-3-1-2-11(16(14)18)7-15(20)10-4-5-12-8-19-9-13(12)6-10/h1-6,19H,7-9H2. The van der Waals surface area contributed by atoms with Crippen molar-refractivity contribution in [1.82, 2.24) is 5.32 Å². The van der Waals surface area contributed by atoms with Gasteiger partial charge in [0.1, 0.15) is 0 Å². The molecule has 0 atom stereocenters. The van der Waals surface area contributed by atoms with E-state index in [0.717, 1.165) is 24.2 Å². The molecule has 2 aromatic carbocycles. The molecule has 0 amide bonds. The van der Waals surface area contributed by atoms with Gasteiger partial charge >= 0.3 is 0 Å². The molecule has 2 aromatic rings. The highest BCUT2D eigenvalue weighted by molar-refractivity contribution is 6.42. The van der Waals surface area contributed by atoms with Crippen molar-refractivity contribution in [1.29, 1.82) is 0 Å². The number of carbonyl (C=O) groups excluding carboxylic acids is 1. The Kier molecular flexibility index (Phi) is 3.79. The third kappa shape index (κ3) is 2.59. The highest BCUT2D eigenvalue weighted by Gasteiger charge is 2.15. The van der Waals surface area contributed by atoms with Crippen LogP contribution in [-0.2, 0) is 19.5 Å². The van der Waals surface area contributed by atoms with Crippen LogP contribution >= 0.6 is 23.2 Å². The van der Waals surface area contributed by atoms with Crippen LogP contribution in [0.4, 0.5) is 0 Å². The van der Waals surface area contributed by atoms with Crippen LogP contribution in [0.2, 0.25) is 10.0 Å². The summed E-state index contributed by atoms with van der Waals surface area (Å²) in [5.74, 6) is 0.0591. The molecule has 1 aliphatic heterocycles. The Labute approximate surface area is 127 Å². The number of hydrogen-bond acceptors (Lipinski definition) is 2. The Hall–Kier alpha value is -1.35. The summed E-state index contributed by atoms with van der Waals surface area (Å²) in [5.41, 5.74) is 3.96. The summed E-state index contributed by atoms with van der Waals surface area (Å²) in [6, 6.07) is 11.2. The van der Waals surface area contributed by atoms with E-state index >= 15 is 0 Å². The number of hydrogen-bond donors (Lipinski definition) is 1. The van der Waals surface area contributed by atoms with E-state index in [1.54, 1.807) is 6.07 Å². The minimum atomic E-state index is 0.0591. The molecule has 0 saturated carbocycles. The molecule has 0 saturated heterocycles. The van der Waals surface area contributed by atoms with Crippen LogP contribution in [0, 0.1) is 0 Å². The molecule has 1 aliphatic rings. The minimum Gasteiger partial charge on any atom is -0.309 e. The SMILES string of the molecule is O=C(Cc1cccc(Cl)c1Cl)c1ccc2c(c1)CNC2. The molecule has 102 valence electrons. The Morgan fingerprint density at radius 2 is 1.90 bits per heavy atom. The summed E-state index contributed by atoms with van der Waals surface area (Å²) in [4.78, 5) is 12.4. The first kappa shape index (κ1) is 13.6. The molecule has 0 fully saturated rings. The lowest BCUT2D eigenvalue weighted by Crippen LogP contribution is -2.05. The van der Waals surface area contributed by atoms with Crippen molar-refractivity contribution in [3.63, 3.8) is 0 Å². The van der Waals surface area contributed by atoms with Crippen LogP contribution < -0.4 is 5.32 Å². The maximum atomic E-state index is 12.4. The van der Waals surface area contributed by atoms with Crippen LogP contribution in [-0.4, -0.2) is 5.78 Å². The number of nitrogens with one attached hydrogen (secondary N) is 1. The minimum absolute atomic E-state index is 0.0591. The first-order chi connectivity index (χ1) is 9.65. The molecule has 0 radical (unpaired) electrons. The Balaban J connectivity index is 1.84. The zero-order valence-corrected chi connectivity index (χ0v) is 12.3. The van der Waals surface area contributed by atoms with Gasteiger partial charge in [-0.05, 0) is 28.8 Å². The largest absolute Gasteiger partial charge is 0.309 e. The van der Waals surface area contributed by atoms with Crippen molar-refractivity contribution >= 4 is 29.0 Å². The molecule has 2 nitrogen and oxygen atoms in total. The molecule has 0 bridgehead atoms. The first-order valence-corrected chi connectivity index (χ1v) is 7.19. The third-order valence-electron chi connectivity index (χ3n) is 3.54. The van der Waals surface area contributed by atoms with E-state index in [1.807, 2.05) is 30.3 Å². The average molecular weight is 306 g/mol. The van der Waals surface area contributed by atoms with E-state index in [2.05, 4.69) is 5.32 Å². The highest BCUT2D eigenvalue weighted by atomic mass is 35.5. The van der Waals surface area contributed by atoms with E-state index in [4.69, 9.17) is 23.2 Å². The maximum Gasteiger partial charge on any atom is 0.167 e. The summed E-state index contributed by atoms with van der Waals surface area (Å²) in [6.07, 6.45) is 0.269. The van der Waals surface area contributed by atoms with Gasteiger partial charge in [-0.1, -0.05) is 47.5 Å². The predicted octanol–water partition coefficient (Wildman–Crippen LogP) is 4.02. The van der Waals surface area contributed by atoms with Gasteiger partial charge in [0, 0.05) is 25.1 Å². The van der Waals surface area contributed by atoms with E-state index in [9.17, 15) is 4.79 Å². The van der Waals surface area contributed by atoms with E-state index in [0.29, 0.717) is 10.0 Å². The van der Waals surface area contributed by atoms with Crippen molar-refractivity contribution in [2.75, 3.05) is 0 Å². The highest BCUT2D eigenvalue weighted by Crippen LogP contribution is 2.27. The van der Waals surface area contributed by atoms with E-state index in [-0.39, 0.29) is 12.2 Å². The topological polar surface area (TPSA) is 29.1 Å². The molecular formula is C16H13Cl2NO. The summed E-state index contributed by atoms with van der Waals surface area (Å²) >= 11 is 12.1. The number of fused-ring (bicyclic) bond motifs is 1. The summed E-state index contributed by atoms with van der Waals surface area (Å²) in [7, 11) is 0. The lowest BCUT2D eigenvalue weighted by molar-refractivity contribution is 0.0993. The quantitative estimate of drug-likeness (QED) is 0.868. The van der Waals surface area contributed by atoms with Gasteiger partial charge < -0.3 is 5.32 Å². The fourth-order valence-corrected chi connectivity index (χ4v) is 2.82. The lowest BCUT2D eigenvalue weighted by atomic mass is 9.99. The van der Waals surface area contributed by atoms with Crippen molar-refractivity contribution < 1.29 is 4.79 Å². The van der Waals surface area contributed by atoms with Crippen LogP contribution in [0.15, 0.2) is 36.4 Å². The monoisotopic (exact) mass is 305 g/mol. The van der Waals surface area contributed by atoms with Crippen molar-refractivity contribution in [2.45, 2.75) is 19.5 Å². The molecule has 0 aliphatic carbocycles.